The van der Waals surface area contributed by atoms with Crippen LogP contribution < -0.4 is 0 Å². The lowest BCUT2D eigenvalue weighted by Crippen LogP contribution is -2.14. The Morgan fingerprint density at radius 2 is 2.00 bits per heavy atom. The first-order valence-corrected chi connectivity index (χ1v) is 3.58. The molecule has 0 atom stereocenters. The van der Waals surface area contributed by atoms with Crippen LogP contribution in [0, 0.1) is 11.6 Å². The highest BCUT2D eigenvalue weighted by atomic mass is 19.1. The molecule has 13 heavy (non-hydrogen) atoms. The van der Waals surface area contributed by atoms with Crippen LogP contribution in [0.3, 0.4) is 0 Å². The predicted octanol–water partition coefficient (Wildman–Crippen LogP) is 1.49. The number of benzene rings is 1. The number of hydroxylamine groups is 2. The summed E-state index contributed by atoms with van der Waals surface area (Å²) in [7, 11) is 1.25. The van der Waals surface area contributed by atoms with E-state index in [2.05, 4.69) is 0 Å². The fourth-order valence-corrected chi connectivity index (χ4v) is 0.959. The van der Waals surface area contributed by atoms with E-state index in [0.717, 1.165) is 12.1 Å². The van der Waals surface area contributed by atoms with Crippen molar-refractivity contribution in [2.75, 3.05) is 7.05 Å². The van der Waals surface area contributed by atoms with E-state index in [1.165, 1.54) is 7.05 Å². The number of phenols is 1. The fourth-order valence-electron chi connectivity index (χ4n) is 0.959. The Labute approximate surface area is 73.8 Å². The van der Waals surface area contributed by atoms with E-state index in [4.69, 9.17) is 10.3 Å². The summed E-state index contributed by atoms with van der Waals surface area (Å²) in [6.45, 7) is -0.313. The Morgan fingerprint density at radius 3 is 2.54 bits per heavy atom. The van der Waals surface area contributed by atoms with Crippen LogP contribution in [0.15, 0.2) is 12.1 Å². The number of nitrogens with zero attached hydrogens (tertiary/aromatic N) is 1. The van der Waals surface area contributed by atoms with Gasteiger partial charge in [0.05, 0.1) is 6.54 Å². The average molecular weight is 189 g/mol. The standard InChI is InChI=1S/C8H9F2NO2/c1-11(13)4-5-6(9)2-3-7(12)8(5)10/h2-3,12-13H,4H2,1H3. The molecule has 1 aromatic carbocycles. The predicted molar refractivity (Wildman–Crippen MR) is 41.3 cm³/mol. The average Bonchev–Trinajstić information content (AvgIpc) is 2.05. The Hall–Kier alpha value is -1.20. The molecule has 72 valence electrons. The van der Waals surface area contributed by atoms with Gasteiger partial charge in [-0.2, -0.15) is 5.06 Å². The van der Waals surface area contributed by atoms with Crippen LogP contribution >= 0.6 is 0 Å². The van der Waals surface area contributed by atoms with Gasteiger partial charge in [0.2, 0.25) is 0 Å². The number of phenolic OH excluding ortho intramolecular Hbond substituents is 1. The molecule has 0 aliphatic carbocycles. The maximum Gasteiger partial charge on any atom is 0.172 e. The SMILES string of the molecule is CN(O)Cc1c(F)ccc(O)c1F. The van der Waals surface area contributed by atoms with Crippen molar-refractivity contribution in [3.05, 3.63) is 29.3 Å². The topological polar surface area (TPSA) is 43.7 Å². The van der Waals surface area contributed by atoms with Crippen LogP contribution in [0.4, 0.5) is 8.78 Å². The van der Waals surface area contributed by atoms with Crippen LogP contribution in [0.5, 0.6) is 5.75 Å². The van der Waals surface area contributed by atoms with E-state index in [9.17, 15) is 8.78 Å². The number of hydrogen-bond acceptors (Lipinski definition) is 3. The Morgan fingerprint density at radius 1 is 1.38 bits per heavy atom. The van der Waals surface area contributed by atoms with Gasteiger partial charge in [0.15, 0.2) is 11.6 Å². The van der Waals surface area contributed by atoms with Gasteiger partial charge in [-0.3, -0.25) is 0 Å². The summed E-state index contributed by atoms with van der Waals surface area (Å²) < 4.78 is 25.9. The van der Waals surface area contributed by atoms with E-state index in [0.29, 0.717) is 5.06 Å². The molecule has 1 aromatic rings. The third kappa shape index (κ3) is 2.13. The highest BCUT2D eigenvalue weighted by Crippen LogP contribution is 2.22. The fraction of sp³-hybridized carbons (Fsp3) is 0.250. The van der Waals surface area contributed by atoms with Crippen LogP contribution in [0.25, 0.3) is 0 Å². The van der Waals surface area contributed by atoms with Gasteiger partial charge < -0.3 is 10.3 Å². The number of aromatic hydroxyl groups is 1. The molecular weight excluding hydrogens is 180 g/mol. The van der Waals surface area contributed by atoms with Crippen LogP contribution in [-0.4, -0.2) is 22.4 Å². The first-order valence-electron chi connectivity index (χ1n) is 3.58. The number of halogens is 2. The molecule has 2 N–H and O–H groups in total. The van der Waals surface area contributed by atoms with Crippen molar-refractivity contribution >= 4 is 0 Å². The van der Waals surface area contributed by atoms with Crippen molar-refractivity contribution in [1.29, 1.82) is 0 Å². The Balaban J connectivity index is 3.10. The van der Waals surface area contributed by atoms with Crippen LogP contribution in [-0.2, 0) is 6.54 Å². The number of rotatable bonds is 2. The lowest BCUT2D eigenvalue weighted by atomic mass is 10.2. The number of hydrogen-bond donors (Lipinski definition) is 2. The molecule has 0 unspecified atom stereocenters. The van der Waals surface area contributed by atoms with E-state index >= 15 is 0 Å². The van der Waals surface area contributed by atoms with E-state index in [1.54, 1.807) is 0 Å². The molecule has 0 fully saturated rings. The zero-order chi connectivity index (χ0) is 10.0. The summed E-state index contributed by atoms with van der Waals surface area (Å²) in [6, 6.07) is 1.86. The normalized spacial score (nSPS) is 10.8. The highest BCUT2D eigenvalue weighted by molar-refractivity contribution is 5.30. The molecule has 0 saturated heterocycles. The summed E-state index contributed by atoms with van der Waals surface area (Å²) >= 11 is 0. The smallest absolute Gasteiger partial charge is 0.172 e. The van der Waals surface area contributed by atoms with Crippen molar-refractivity contribution in [3.63, 3.8) is 0 Å². The molecule has 3 nitrogen and oxygen atoms in total. The van der Waals surface area contributed by atoms with Crippen molar-refractivity contribution in [1.82, 2.24) is 5.06 Å². The second kappa shape index (κ2) is 3.68. The summed E-state index contributed by atoms with van der Waals surface area (Å²) in [5, 5.41) is 18.3. The summed E-state index contributed by atoms with van der Waals surface area (Å²) in [5.41, 5.74) is -0.356. The Kier molecular flexibility index (Phi) is 2.79. The lowest BCUT2D eigenvalue weighted by molar-refractivity contribution is -0.0746. The molecule has 0 saturated carbocycles. The van der Waals surface area contributed by atoms with Crippen molar-refractivity contribution in [2.24, 2.45) is 0 Å². The molecule has 0 aliphatic heterocycles. The third-order valence-electron chi connectivity index (χ3n) is 1.55. The van der Waals surface area contributed by atoms with Gasteiger partial charge in [-0.05, 0) is 12.1 Å². The molecule has 0 spiro atoms. The Bertz CT molecular complexity index is 315. The zero-order valence-corrected chi connectivity index (χ0v) is 6.96. The van der Waals surface area contributed by atoms with Crippen molar-refractivity contribution in [3.8, 4) is 5.75 Å². The minimum Gasteiger partial charge on any atom is -0.505 e. The minimum absolute atomic E-state index is 0.313. The molecule has 0 aliphatic rings. The molecule has 0 bridgehead atoms. The molecule has 1 rings (SSSR count). The van der Waals surface area contributed by atoms with Gasteiger partial charge in [0, 0.05) is 12.6 Å². The van der Waals surface area contributed by atoms with Crippen LogP contribution in [0.1, 0.15) is 5.56 Å². The molecule has 0 heterocycles. The molecule has 0 aromatic heterocycles. The van der Waals surface area contributed by atoms with Crippen LogP contribution in [0.2, 0.25) is 0 Å². The van der Waals surface area contributed by atoms with Gasteiger partial charge in [-0.15, -0.1) is 0 Å². The summed E-state index contributed by atoms with van der Waals surface area (Å²) in [5.74, 6) is -2.46. The van der Waals surface area contributed by atoms with Crippen molar-refractivity contribution < 1.29 is 19.1 Å². The second-order valence-corrected chi connectivity index (χ2v) is 2.67. The third-order valence-corrected chi connectivity index (χ3v) is 1.55. The zero-order valence-electron chi connectivity index (χ0n) is 6.96. The monoisotopic (exact) mass is 189 g/mol. The first kappa shape index (κ1) is 9.88. The quantitative estimate of drug-likeness (QED) is 0.693. The summed E-state index contributed by atoms with van der Waals surface area (Å²) in [6.07, 6.45) is 0. The second-order valence-electron chi connectivity index (χ2n) is 2.67. The maximum absolute atomic E-state index is 13.0. The summed E-state index contributed by atoms with van der Waals surface area (Å²) in [4.78, 5) is 0. The molecule has 0 amide bonds. The minimum atomic E-state index is -1.04. The van der Waals surface area contributed by atoms with Gasteiger partial charge in [0.1, 0.15) is 5.82 Å². The van der Waals surface area contributed by atoms with Gasteiger partial charge in [-0.1, -0.05) is 0 Å². The largest absolute Gasteiger partial charge is 0.505 e. The highest BCUT2D eigenvalue weighted by Gasteiger charge is 2.13. The maximum atomic E-state index is 13.0. The van der Waals surface area contributed by atoms with Gasteiger partial charge in [0.25, 0.3) is 0 Å². The van der Waals surface area contributed by atoms with Crippen molar-refractivity contribution in [2.45, 2.75) is 6.54 Å². The van der Waals surface area contributed by atoms with Gasteiger partial charge in [-0.25, -0.2) is 8.78 Å². The molecule has 5 heteroatoms. The van der Waals surface area contributed by atoms with E-state index in [-0.39, 0.29) is 12.1 Å². The van der Waals surface area contributed by atoms with E-state index in [1.807, 2.05) is 0 Å². The molecular formula is C8H9F2NO2. The lowest BCUT2D eigenvalue weighted by Gasteiger charge is -2.10. The van der Waals surface area contributed by atoms with E-state index < -0.39 is 17.4 Å². The van der Waals surface area contributed by atoms with Gasteiger partial charge >= 0.3 is 0 Å². The first-order chi connectivity index (χ1) is 6.02. The molecule has 0 radical (unpaired) electrons.